The van der Waals surface area contributed by atoms with E-state index in [1.807, 2.05) is 13.1 Å². The third kappa shape index (κ3) is 2.79. The molecule has 1 saturated heterocycles. The van der Waals surface area contributed by atoms with E-state index in [2.05, 4.69) is 21.8 Å². The third-order valence-electron chi connectivity index (χ3n) is 3.56. The predicted molar refractivity (Wildman–Crippen MR) is 70.1 cm³/mol. The number of carboxylic acids is 1. The van der Waals surface area contributed by atoms with Crippen molar-refractivity contribution in [1.29, 1.82) is 0 Å². The van der Waals surface area contributed by atoms with Gasteiger partial charge in [-0.1, -0.05) is 0 Å². The molecule has 1 aliphatic heterocycles. The average molecular weight is 249 g/mol. The van der Waals surface area contributed by atoms with Crippen LogP contribution in [-0.4, -0.2) is 54.2 Å². The number of carboxylic acid groups (broad SMARTS) is 1. The highest BCUT2D eigenvalue weighted by Gasteiger charge is 2.22. The van der Waals surface area contributed by atoms with Gasteiger partial charge in [-0.05, 0) is 38.6 Å². The summed E-state index contributed by atoms with van der Waals surface area (Å²) < 4.78 is 0. The van der Waals surface area contributed by atoms with Crippen LogP contribution in [0.5, 0.6) is 0 Å². The molecule has 98 valence electrons. The number of rotatable bonds is 4. The maximum atomic E-state index is 10.9. The second kappa shape index (κ2) is 5.35. The first kappa shape index (κ1) is 12.8. The van der Waals surface area contributed by atoms with Crippen LogP contribution in [0.15, 0.2) is 18.3 Å². The maximum absolute atomic E-state index is 10.9. The quantitative estimate of drug-likeness (QED) is 0.872. The van der Waals surface area contributed by atoms with Crippen molar-refractivity contribution in [3.63, 3.8) is 0 Å². The normalized spacial score (nSPS) is 20.0. The van der Waals surface area contributed by atoms with Crippen molar-refractivity contribution in [3.8, 4) is 0 Å². The summed E-state index contributed by atoms with van der Waals surface area (Å²) in [7, 11) is 4.13. The summed E-state index contributed by atoms with van der Waals surface area (Å²) in [6.07, 6.45) is 4.00. The number of hydrogen-bond acceptors (Lipinski definition) is 4. The monoisotopic (exact) mass is 249 g/mol. The molecule has 1 fully saturated rings. The molecule has 0 saturated carbocycles. The van der Waals surface area contributed by atoms with Crippen LogP contribution in [-0.2, 0) is 0 Å². The van der Waals surface area contributed by atoms with Crippen molar-refractivity contribution < 1.29 is 9.90 Å². The number of carbonyl (C=O) groups is 1. The second-order valence-corrected chi connectivity index (χ2v) is 4.86. The molecule has 1 atom stereocenters. The number of aromatic nitrogens is 1. The molecule has 1 N–H and O–H groups in total. The predicted octanol–water partition coefficient (Wildman–Crippen LogP) is 1.31. The zero-order valence-electron chi connectivity index (χ0n) is 10.8. The van der Waals surface area contributed by atoms with Gasteiger partial charge in [-0.2, -0.15) is 0 Å². The molecule has 5 nitrogen and oxygen atoms in total. The van der Waals surface area contributed by atoms with Gasteiger partial charge >= 0.3 is 5.97 Å². The lowest BCUT2D eigenvalue weighted by Gasteiger charge is -2.27. The Morgan fingerprint density at radius 1 is 1.67 bits per heavy atom. The first-order valence-electron chi connectivity index (χ1n) is 6.18. The van der Waals surface area contributed by atoms with E-state index < -0.39 is 5.97 Å². The van der Waals surface area contributed by atoms with Crippen molar-refractivity contribution in [1.82, 2.24) is 9.88 Å². The van der Waals surface area contributed by atoms with Gasteiger partial charge in [0.2, 0.25) is 0 Å². The Kier molecular flexibility index (Phi) is 3.81. The number of pyridine rings is 1. The molecule has 0 spiro atoms. The van der Waals surface area contributed by atoms with Gasteiger partial charge in [-0.25, -0.2) is 9.78 Å². The molecule has 0 bridgehead atoms. The lowest BCUT2D eigenvalue weighted by atomic mass is 10.2. The molecule has 1 aromatic heterocycles. The smallest absolute Gasteiger partial charge is 0.354 e. The molecule has 5 heteroatoms. The topological polar surface area (TPSA) is 56.7 Å². The van der Waals surface area contributed by atoms with E-state index in [1.54, 1.807) is 12.3 Å². The molecular formula is C13H19N3O2. The summed E-state index contributed by atoms with van der Waals surface area (Å²) in [5.41, 5.74) is 1.00. The van der Waals surface area contributed by atoms with E-state index in [0.717, 1.165) is 18.8 Å². The Morgan fingerprint density at radius 3 is 3.06 bits per heavy atom. The van der Waals surface area contributed by atoms with Gasteiger partial charge in [0.15, 0.2) is 0 Å². The summed E-state index contributed by atoms with van der Waals surface area (Å²) in [6.45, 7) is 2.06. The molecule has 1 unspecified atom stereocenters. The minimum atomic E-state index is -0.983. The zero-order valence-corrected chi connectivity index (χ0v) is 10.8. The average Bonchev–Trinajstić information content (AvgIpc) is 2.75. The molecule has 0 aromatic carbocycles. The molecular weight excluding hydrogens is 230 g/mol. The van der Waals surface area contributed by atoms with Crippen LogP contribution in [0.3, 0.4) is 0 Å². The first-order valence-corrected chi connectivity index (χ1v) is 6.18. The van der Waals surface area contributed by atoms with Gasteiger partial charge in [0.1, 0.15) is 5.69 Å². The fourth-order valence-electron chi connectivity index (χ4n) is 2.41. The molecule has 18 heavy (non-hydrogen) atoms. The van der Waals surface area contributed by atoms with Crippen molar-refractivity contribution in [2.24, 2.45) is 0 Å². The Labute approximate surface area is 107 Å². The van der Waals surface area contributed by atoms with Crippen LogP contribution in [0.25, 0.3) is 0 Å². The molecule has 2 heterocycles. The highest BCUT2D eigenvalue weighted by atomic mass is 16.4. The van der Waals surface area contributed by atoms with Crippen LogP contribution >= 0.6 is 0 Å². The van der Waals surface area contributed by atoms with E-state index in [1.165, 1.54) is 12.8 Å². The second-order valence-electron chi connectivity index (χ2n) is 4.86. The van der Waals surface area contributed by atoms with Crippen LogP contribution < -0.4 is 4.90 Å². The highest BCUT2D eigenvalue weighted by molar-refractivity contribution is 5.86. The Morgan fingerprint density at radius 2 is 2.44 bits per heavy atom. The Hall–Kier alpha value is -1.62. The lowest BCUT2D eigenvalue weighted by molar-refractivity contribution is 0.0690. The van der Waals surface area contributed by atoms with E-state index in [0.29, 0.717) is 6.04 Å². The van der Waals surface area contributed by atoms with Crippen molar-refractivity contribution in [2.75, 3.05) is 32.1 Å². The summed E-state index contributed by atoms with van der Waals surface area (Å²) >= 11 is 0. The van der Waals surface area contributed by atoms with Crippen LogP contribution in [0.2, 0.25) is 0 Å². The number of likely N-dealkylation sites (tertiary alicyclic amines) is 1. The molecule has 1 aromatic rings. The largest absolute Gasteiger partial charge is 0.477 e. The Bertz CT molecular complexity index is 436. The van der Waals surface area contributed by atoms with Gasteiger partial charge in [-0.3, -0.25) is 0 Å². The van der Waals surface area contributed by atoms with E-state index >= 15 is 0 Å². The Balaban J connectivity index is 2.06. The standard InChI is InChI=1S/C13H19N3O2/c1-15-7-3-4-11(15)9-16(2)10-5-6-14-12(8-10)13(17)18/h5-6,8,11H,3-4,7,9H2,1-2H3,(H,17,18). The third-order valence-corrected chi connectivity index (χ3v) is 3.56. The number of anilines is 1. The highest BCUT2D eigenvalue weighted by Crippen LogP contribution is 2.19. The van der Waals surface area contributed by atoms with Gasteiger partial charge in [-0.15, -0.1) is 0 Å². The molecule has 1 aliphatic rings. The maximum Gasteiger partial charge on any atom is 0.354 e. The lowest BCUT2D eigenvalue weighted by Crippen LogP contribution is -2.36. The SMILES string of the molecule is CN(CC1CCCN1C)c1ccnc(C(=O)O)c1. The number of hydrogen-bond donors (Lipinski definition) is 1. The van der Waals surface area contributed by atoms with Gasteiger partial charge < -0.3 is 14.9 Å². The summed E-state index contributed by atoms with van der Waals surface area (Å²) in [4.78, 5) is 19.2. The van der Waals surface area contributed by atoms with Crippen LogP contribution in [0.1, 0.15) is 23.3 Å². The fourth-order valence-corrected chi connectivity index (χ4v) is 2.41. The summed E-state index contributed by atoms with van der Waals surface area (Å²) in [5, 5.41) is 8.93. The molecule has 0 amide bonds. The molecule has 0 aliphatic carbocycles. The van der Waals surface area contributed by atoms with Gasteiger partial charge in [0.05, 0.1) is 0 Å². The van der Waals surface area contributed by atoms with Crippen molar-refractivity contribution in [3.05, 3.63) is 24.0 Å². The van der Waals surface area contributed by atoms with E-state index in [9.17, 15) is 4.79 Å². The minimum Gasteiger partial charge on any atom is -0.477 e. The van der Waals surface area contributed by atoms with Crippen LogP contribution in [0.4, 0.5) is 5.69 Å². The molecule has 0 radical (unpaired) electrons. The van der Waals surface area contributed by atoms with Crippen molar-refractivity contribution >= 4 is 11.7 Å². The van der Waals surface area contributed by atoms with Gasteiger partial charge in [0.25, 0.3) is 0 Å². The van der Waals surface area contributed by atoms with Crippen molar-refractivity contribution in [2.45, 2.75) is 18.9 Å². The number of likely N-dealkylation sites (N-methyl/N-ethyl adjacent to an activating group) is 2. The number of nitrogens with zero attached hydrogens (tertiary/aromatic N) is 3. The summed E-state index contributed by atoms with van der Waals surface area (Å²) in [5.74, 6) is -0.983. The van der Waals surface area contributed by atoms with E-state index in [4.69, 9.17) is 5.11 Å². The minimum absolute atomic E-state index is 0.0964. The fraction of sp³-hybridized carbons (Fsp3) is 0.538. The van der Waals surface area contributed by atoms with E-state index in [-0.39, 0.29) is 5.69 Å². The molecule has 2 rings (SSSR count). The first-order chi connectivity index (χ1) is 8.58. The van der Waals surface area contributed by atoms with Gasteiger partial charge in [0, 0.05) is 31.5 Å². The van der Waals surface area contributed by atoms with Crippen LogP contribution in [0, 0.1) is 0 Å². The zero-order chi connectivity index (χ0) is 13.1. The number of aromatic carboxylic acids is 1. The summed E-state index contributed by atoms with van der Waals surface area (Å²) in [6, 6.07) is 4.02.